The molecule has 1 rings (SSSR count). The molecule has 0 radical (unpaired) electrons. The van der Waals surface area contributed by atoms with Gasteiger partial charge in [-0.3, -0.25) is 4.85 Å². The lowest BCUT2D eigenvalue weighted by Crippen LogP contribution is -2.28. The normalized spacial score (nSPS) is 15.0. The van der Waals surface area contributed by atoms with Crippen LogP contribution in [0.1, 0.15) is 45.1 Å². The molecule has 0 N–H and O–H groups in total. The van der Waals surface area contributed by atoms with E-state index in [1.165, 1.54) is 0 Å². The zero-order valence-corrected chi connectivity index (χ0v) is 12.1. The van der Waals surface area contributed by atoms with Gasteiger partial charge in [-0.05, 0) is 0 Å². The van der Waals surface area contributed by atoms with Crippen LogP contribution in [-0.4, -0.2) is 16.9 Å². The maximum absolute atomic E-state index is 12.3. The number of halogens is 3. The lowest BCUT2D eigenvalue weighted by molar-refractivity contribution is -0.136. The van der Waals surface area contributed by atoms with Gasteiger partial charge in [0.05, 0.1) is 12.1 Å². The average molecular weight is 299 g/mol. The summed E-state index contributed by atoms with van der Waals surface area (Å²) in [6.45, 7) is 12.8. The summed E-state index contributed by atoms with van der Waals surface area (Å²) >= 11 is 0. The first-order valence-electron chi connectivity index (χ1n) is 6.34. The average Bonchev–Trinajstić information content (AvgIpc) is 2.82. The minimum absolute atomic E-state index is 0.202. The highest BCUT2D eigenvalue weighted by Crippen LogP contribution is 2.31. The van der Waals surface area contributed by atoms with Gasteiger partial charge >= 0.3 is 11.7 Å². The third kappa shape index (κ3) is 4.78. The monoisotopic (exact) mass is 299 g/mol. The van der Waals surface area contributed by atoms with Crippen LogP contribution in [0.5, 0.6) is 0 Å². The third-order valence-corrected chi connectivity index (χ3v) is 3.04. The van der Waals surface area contributed by atoms with Crippen LogP contribution in [0.3, 0.4) is 0 Å². The summed E-state index contributed by atoms with van der Waals surface area (Å²) < 4.78 is 42.0. The van der Waals surface area contributed by atoms with Gasteiger partial charge in [0.25, 0.3) is 0 Å². The second kappa shape index (κ2) is 5.77. The van der Waals surface area contributed by atoms with Crippen LogP contribution in [0.15, 0.2) is 10.6 Å². The predicted molar refractivity (Wildman–Crippen MR) is 69.1 cm³/mol. The van der Waals surface area contributed by atoms with E-state index >= 15 is 0 Å². The molecular formula is C14H16F3N3O. The van der Waals surface area contributed by atoms with Crippen molar-refractivity contribution >= 4 is 0 Å². The summed E-state index contributed by atoms with van der Waals surface area (Å²) in [7, 11) is 0. The first-order chi connectivity index (χ1) is 9.51. The maximum Gasteiger partial charge on any atom is 0.389 e. The van der Waals surface area contributed by atoms with Crippen molar-refractivity contribution in [2.75, 3.05) is 0 Å². The van der Waals surface area contributed by atoms with Crippen LogP contribution in [0.25, 0.3) is 4.85 Å². The number of alkyl halides is 3. The van der Waals surface area contributed by atoms with Gasteiger partial charge in [0.15, 0.2) is 6.07 Å². The van der Waals surface area contributed by atoms with Crippen molar-refractivity contribution in [2.45, 2.75) is 57.2 Å². The van der Waals surface area contributed by atoms with Crippen molar-refractivity contribution in [3.05, 3.63) is 28.9 Å². The fraction of sp³-hybridized carbons (Fsp3) is 0.643. The van der Waals surface area contributed by atoms with Crippen molar-refractivity contribution in [3.63, 3.8) is 0 Å². The van der Waals surface area contributed by atoms with E-state index in [-0.39, 0.29) is 17.6 Å². The summed E-state index contributed by atoms with van der Waals surface area (Å²) in [6, 6.07) is 3.28. The summed E-state index contributed by atoms with van der Waals surface area (Å²) in [5, 5.41) is 12.9. The predicted octanol–water partition coefficient (Wildman–Crippen LogP) is 4.04. The lowest BCUT2D eigenvalue weighted by atomic mass is 9.88. The molecule has 21 heavy (non-hydrogen) atoms. The molecule has 0 aliphatic carbocycles. The molecule has 1 heterocycles. The second-order valence-corrected chi connectivity index (χ2v) is 5.98. The van der Waals surface area contributed by atoms with E-state index in [4.69, 9.17) is 16.4 Å². The minimum atomic E-state index is -4.40. The Kier molecular flexibility index (Phi) is 4.68. The molecule has 114 valence electrons. The molecule has 0 aromatic carbocycles. The van der Waals surface area contributed by atoms with Crippen molar-refractivity contribution in [1.29, 1.82) is 5.26 Å². The van der Waals surface area contributed by atoms with Crippen LogP contribution in [-0.2, 0) is 11.8 Å². The quantitative estimate of drug-likeness (QED) is 0.788. The van der Waals surface area contributed by atoms with Crippen molar-refractivity contribution < 1.29 is 17.7 Å². The Hall–Kier alpha value is -2.02. The summed E-state index contributed by atoms with van der Waals surface area (Å²) in [5.41, 5.74) is -1.42. The van der Waals surface area contributed by atoms with Crippen molar-refractivity contribution in [3.8, 4) is 6.07 Å². The van der Waals surface area contributed by atoms with Crippen LogP contribution in [0, 0.1) is 17.9 Å². The van der Waals surface area contributed by atoms with Crippen molar-refractivity contribution in [1.82, 2.24) is 5.16 Å². The lowest BCUT2D eigenvalue weighted by Gasteiger charge is -2.14. The van der Waals surface area contributed by atoms with Gasteiger partial charge in [-0.25, -0.2) is 6.57 Å². The first-order valence-corrected chi connectivity index (χ1v) is 6.34. The molecule has 1 atom stereocenters. The molecular weight excluding hydrogens is 283 g/mol. The van der Waals surface area contributed by atoms with Gasteiger partial charge in [0, 0.05) is 17.9 Å². The van der Waals surface area contributed by atoms with E-state index in [2.05, 4.69) is 10.0 Å². The number of hydrogen-bond donors (Lipinski definition) is 0. The molecule has 0 aliphatic heterocycles. The SMILES string of the molecule is [C-]#[N+]C(C#N)(CCC(F)(F)F)Cc1cc(C(C)(C)C)no1. The van der Waals surface area contributed by atoms with E-state index in [9.17, 15) is 13.2 Å². The number of aromatic nitrogens is 1. The standard InChI is InChI=1S/C14H16F3N3O/c1-12(2,3)11-7-10(21-20-11)8-13(9-18,19-4)5-6-14(15,16)17/h7H,5-6,8H2,1-3H3. The van der Waals surface area contributed by atoms with Gasteiger partial charge in [-0.15, -0.1) is 0 Å². The Morgan fingerprint density at radius 2 is 1.95 bits per heavy atom. The van der Waals surface area contributed by atoms with Crippen LogP contribution < -0.4 is 0 Å². The molecule has 0 bridgehead atoms. The summed E-state index contributed by atoms with van der Waals surface area (Å²) in [5.74, 6) is 0.250. The highest BCUT2D eigenvalue weighted by atomic mass is 19.4. The zero-order valence-electron chi connectivity index (χ0n) is 12.1. The molecule has 0 amide bonds. The number of rotatable bonds is 4. The maximum atomic E-state index is 12.3. The smallest absolute Gasteiger partial charge is 0.361 e. The molecule has 4 nitrogen and oxygen atoms in total. The van der Waals surface area contributed by atoms with E-state index in [1.54, 1.807) is 12.1 Å². The van der Waals surface area contributed by atoms with Gasteiger partial charge in [0.1, 0.15) is 12.2 Å². The topological polar surface area (TPSA) is 54.2 Å². The summed E-state index contributed by atoms with van der Waals surface area (Å²) in [6.07, 6.45) is -6.36. The Bertz CT molecular complexity index is 556. The highest BCUT2D eigenvalue weighted by molar-refractivity contribution is 5.23. The first kappa shape index (κ1) is 17.0. The van der Waals surface area contributed by atoms with Gasteiger partial charge < -0.3 is 4.52 Å². The fourth-order valence-corrected chi connectivity index (χ4v) is 1.69. The Morgan fingerprint density at radius 3 is 2.33 bits per heavy atom. The zero-order chi connectivity index (χ0) is 16.3. The Balaban J connectivity index is 2.92. The molecule has 1 aromatic heterocycles. The van der Waals surface area contributed by atoms with Crippen LogP contribution in [0.2, 0.25) is 0 Å². The molecule has 7 heteroatoms. The van der Waals surface area contributed by atoms with Crippen molar-refractivity contribution in [2.24, 2.45) is 0 Å². The van der Waals surface area contributed by atoms with Gasteiger partial charge in [0.2, 0.25) is 0 Å². The second-order valence-electron chi connectivity index (χ2n) is 5.98. The van der Waals surface area contributed by atoms with E-state index < -0.39 is 24.6 Å². The fourth-order valence-electron chi connectivity index (χ4n) is 1.69. The minimum Gasteiger partial charge on any atom is -0.361 e. The summed E-state index contributed by atoms with van der Waals surface area (Å²) in [4.78, 5) is 3.11. The highest BCUT2D eigenvalue weighted by Gasteiger charge is 2.43. The van der Waals surface area contributed by atoms with E-state index in [1.807, 2.05) is 20.8 Å². The van der Waals surface area contributed by atoms with Crippen LogP contribution >= 0.6 is 0 Å². The third-order valence-electron chi connectivity index (χ3n) is 3.04. The molecule has 0 aliphatic rings. The van der Waals surface area contributed by atoms with Crippen LogP contribution in [0.4, 0.5) is 13.2 Å². The number of nitriles is 1. The largest absolute Gasteiger partial charge is 0.389 e. The van der Waals surface area contributed by atoms with Gasteiger partial charge in [-0.1, -0.05) is 25.9 Å². The molecule has 1 unspecified atom stereocenters. The van der Waals surface area contributed by atoms with Gasteiger partial charge in [-0.2, -0.15) is 18.4 Å². The molecule has 0 spiro atoms. The van der Waals surface area contributed by atoms with E-state index in [0.29, 0.717) is 5.69 Å². The number of hydrogen-bond acceptors (Lipinski definition) is 3. The Labute approximate surface area is 121 Å². The molecule has 1 aromatic rings. The molecule has 0 saturated heterocycles. The van der Waals surface area contributed by atoms with E-state index in [0.717, 1.165) is 0 Å². The molecule has 0 fully saturated rings. The Morgan fingerprint density at radius 1 is 1.33 bits per heavy atom. The molecule has 0 saturated carbocycles. The number of nitrogens with zero attached hydrogens (tertiary/aromatic N) is 3.